The maximum atomic E-state index is 13.1. The highest BCUT2D eigenvalue weighted by atomic mass is 16.3. The predicted octanol–water partition coefficient (Wildman–Crippen LogP) is 2.03. The van der Waals surface area contributed by atoms with E-state index in [9.17, 15) is 19.2 Å². The van der Waals surface area contributed by atoms with Gasteiger partial charge in [-0.05, 0) is 29.8 Å². The zero-order valence-electron chi connectivity index (χ0n) is 17.1. The quantitative estimate of drug-likeness (QED) is 0.419. The van der Waals surface area contributed by atoms with Gasteiger partial charge in [0.2, 0.25) is 5.91 Å². The molecule has 1 aliphatic heterocycles. The van der Waals surface area contributed by atoms with Crippen LogP contribution in [0.4, 0.5) is 0 Å². The monoisotopic (exact) mass is 431 g/mol. The summed E-state index contributed by atoms with van der Waals surface area (Å²) in [6.45, 7) is 0.283. The van der Waals surface area contributed by atoms with Gasteiger partial charge in [0, 0.05) is 19.5 Å². The Morgan fingerprint density at radius 1 is 0.812 bits per heavy atom. The van der Waals surface area contributed by atoms with Crippen molar-refractivity contribution in [3.8, 4) is 0 Å². The van der Waals surface area contributed by atoms with Gasteiger partial charge in [0.1, 0.15) is 6.04 Å². The summed E-state index contributed by atoms with van der Waals surface area (Å²) in [6, 6.07) is 17.8. The molecule has 2 heterocycles. The number of furan rings is 1. The fourth-order valence-electron chi connectivity index (χ4n) is 3.60. The zero-order valence-corrected chi connectivity index (χ0v) is 17.1. The standard InChI is InChI=1S/C24H21N3O5/c28-21(25-12-13-26-22(29)20-11-6-14-32-20)19(15-16-7-2-1-3-8-16)27-23(30)17-9-4-5-10-18(17)24(27)31/h1-11,14,19H,12-13,15H2,(H,25,28)(H,26,29)/t19-/m1/s1. The second-order valence-electron chi connectivity index (χ2n) is 7.26. The van der Waals surface area contributed by atoms with E-state index in [0.717, 1.165) is 10.5 Å². The molecular weight excluding hydrogens is 410 g/mol. The molecular formula is C24H21N3O5. The molecule has 0 saturated carbocycles. The molecule has 1 aliphatic rings. The number of benzene rings is 2. The van der Waals surface area contributed by atoms with Gasteiger partial charge in [-0.3, -0.25) is 24.1 Å². The highest BCUT2D eigenvalue weighted by Gasteiger charge is 2.42. The summed E-state index contributed by atoms with van der Waals surface area (Å²) in [5, 5.41) is 5.35. The molecule has 1 atom stereocenters. The van der Waals surface area contributed by atoms with Crippen molar-refractivity contribution in [1.82, 2.24) is 15.5 Å². The highest BCUT2D eigenvalue weighted by molar-refractivity contribution is 6.22. The number of carbonyl (C=O) groups excluding carboxylic acids is 4. The van der Waals surface area contributed by atoms with Crippen molar-refractivity contribution < 1.29 is 23.6 Å². The van der Waals surface area contributed by atoms with E-state index in [2.05, 4.69) is 10.6 Å². The molecule has 0 saturated heterocycles. The first-order chi connectivity index (χ1) is 15.6. The van der Waals surface area contributed by atoms with Crippen molar-refractivity contribution >= 4 is 23.6 Å². The van der Waals surface area contributed by atoms with Crippen LogP contribution in [0.2, 0.25) is 0 Å². The molecule has 2 aromatic carbocycles. The Hall–Kier alpha value is -4.20. The molecule has 4 amide bonds. The first-order valence-corrected chi connectivity index (χ1v) is 10.2. The Morgan fingerprint density at radius 3 is 2.06 bits per heavy atom. The van der Waals surface area contributed by atoms with Crippen molar-refractivity contribution in [2.24, 2.45) is 0 Å². The molecule has 8 nitrogen and oxygen atoms in total. The Morgan fingerprint density at radius 2 is 1.44 bits per heavy atom. The van der Waals surface area contributed by atoms with Gasteiger partial charge in [-0.15, -0.1) is 0 Å². The average molecular weight is 431 g/mol. The summed E-state index contributed by atoms with van der Waals surface area (Å²) < 4.78 is 5.02. The molecule has 8 heteroatoms. The van der Waals surface area contributed by atoms with E-state index in [1.807, 2.05) is 30.3 Å². The van der Waals surface area contributed by atoms with E-state index in [1.54, 1.807) is 30.3 Å². The van der Waals surface area contributed by atoms with Crippen LogP contribution in [0.5, 0.6) is 0 Å². The minimum absolute atomic E-state index is 0.125. The molecule has 0 spiro atoms. The number of imide groups is 1. The summed E-state index contributed by atoms with van der Waals surface area (Å²) in [5.74, 6) is -1.69. The summed E-state index contributed by atoms with van der Waals surface area (Å²) in [5.41, 5.74) is 1.39. The Bertz CT molecular complexity index is 1110. The minimum Gasteiger partial charge on any atom is -0.459 e. The minimum atomic E-state index is -1.02. The number of hydrogen-bond acceptors (Lipinski definition) is 5. The molecule has 2 N–H and O–H groups in total. The lowest BCUT2D eigenvalue weighted by molar-refractivity contribution is -0.125. The Balaban J connectivity index is 1.46. The number of rotatable bonds is 8. The van der Waals surface area contributed by atoms with Crippen molar-refractivity contribution in [1.29, 1.82) is 0 Å². The first kappa shape index (κ1) is 21.0. The van der Waals surface area contributed by atoms with Gasteiger partial charge >= 0.3 is 0 Å². The second-order valence-corrected chi connectivity index (χ2v) is 7.26. The largest absolute Gasteiger partial charge is 0.459 e. The maximum Gasteiger partial charge on any atom is 0.287 e. The van der Waals surface area contributed by atoms with Gasteiger partial charge in [-0.1, -0.05) is 42.5 Å². The van der Waals surface area contributed by atoms with Crippen LogP contribution in [0.3, 0.4) is 0 Å². The van der Waals surface area contributed by atoms with E-state index in [0.29, 0.717) is 0 Å². The van der Waals surface area contributed by atoms with Crippen molar-refractivity contribution in [2.75, 3.05) is 13.1 Å². The molecule has 32 heavy (non-hydrogen) atoms. The Labute approximate surface area is 184 Å². The lowest BCUT2D eigenvalue weighted by Gasteiger charge is -2.25. The molecule has 0 aliphatic carbocycles. The molecule has 0 radical (unpaired) electrons. The van der Waals surface area contributed by atoms with Crippen molar-refractivity contribution in [2.45, 2.75) is 12.5 Å². The van der Waals surface area contributed by atoms with E-state index in [-0.39, 0.29) is 36.4 Å². The molecule has 4 rings (SSSR count). The second kappa shape index (κ2) is 9.30. The normalized spacial score (nSPS) is 13.6. The van der Waals surface area contributed by atoms with Crippen LogP contribution in [-0.4, -0.2) is 47.7 Å². The lowest BCUT2D eigenvalue weighted by atomic mass is 10.0. The van der Waals surface area contributed by atoms with Gasteiger partial charge in [0.05, 0.1) is 17.4 Å². The zero-order chi connectivity index (χ0) is 22.5. The molecule has 1 aromatic heterocycles. The number of nitrogens with zero attached hydrogens (tertiary/aromatic N) is 1. The molecule has 0 fully saturated rings. The summed E-state index contributed by atoms with van der Waals surface area (Å²) in [7, 11) is 0. The third-order valence-corrected chi connectivity index (χ3v) is 5.17. The van der Waals surface area contributed by atoms with Crippen LogP contribution < -0.4 is 10.6 Å². The predicted molar refractivity (Wildman–Crippen MR) is 115 cm³/mol. The van der Waals surface area contributed by atoms with Crippen LogP contribution in [0.1, 0.15) is 36.8 Å². The number of hydrogen-bond donors (Lipinski definition) is 2. The van der Waals surface area contributed by atoms with Crippen LogP contribution in [0, 0.1) is 0 Å². The van der Waals surface area contributed by atoms with E-state index in [4.69, 9.17) is 4.42 Å². The molecule has 162 valence electrons. The van der Waals surface area contributed by atoms with E-state index in [1.165, 1.54) is 12.3 Å². The molecule has 0 bridgehead atoms. The van der Waals surface area contributed by atoms with Crippen molar-refractivity contribution in [3.63, 3.8) is 0 Å². The van der Waals surface area contributed by atoms with E-state index < -0.39 is 29.7 Å². The third-order valence-electron chi connectivity index (χ3n) is 5.17. The maximum absolute atomic E-state index is 13.1. The summed E-state index contributed by atoms with van der Waals surface area (Å²) >= 11 is 0. The number of nitrogens with one attached hydrogen (secondary N) is 2. The smallest absolute Gasteiger partial charge is 0.287 e. The molecule has 0 unspecified atom stereocenters. The van der Waals surface area contributed by atoms with Crippen LogP contribution >= 0.6 is 0 Å². The number of carbonyl (C=O) groups is 4. The van der Waals surface area contributed by atoms with Gasteiger partial charge in [0.25, 0.3) is 17.7 Å². The topological polar surface area (TPSA) is 109 Å². The van der Waals surface area contributed by atoms with Crippen molar-refractivity contribution in [3.05, 3.63) is 95.4 Å². The third kappa shape index (κ3) is 4.29. The number of fused-ring (bicyclic) bond motifs is 1. The van der Waals surface area contributed by atoms with E-state index >= 15 is 0 Å². The summed E-state index contributed by atoms with van der Waals surface area (Å²) in [4.78, 5) is 51.9. The fourth-order valence-corrected chi connectivity index (χ4v) is 3.60. The average Bonchev–Trinajstić information content (AvgIpc) is 3.44. The summed E-state index contributed by atoms with van der Waals surface area (Å²) in [6.07, 6.45) is 1.57. The fraction of sp³-hybridized carbons (Fsp3) is 0.167. The van der Waals surface area contributed by atoms with Gasteiger partial charge in [-0.2, -0.15) is 0 Å². The van der Waals surface area contributed by atoms with Gasteiger partial charge < -0.3 is 15.1 Å². The first-order valence-electron chi connectivity index (χ1n) is 10.2. The van der Waals surface area contributed by atoms with Crippen LogP contribution in [0.25, 0.3) is 0 Å². The van der Waals surface area contributed by atoms with Crippen LogP contribution in [0.15, 0.2) is 77.4 Å². The SMILES string of the molecule is O=C(NCCNC(=O)[C@@H](Cc1ccccc1)N1C(=O)c2ccccc2C1=O)c1ccco1. The number of amides is 4. The van der Waals surface area contributed by atoms with Crippen LogP contribution in [-0.2, 0) is 11.2 Å². The van der Waals surface area contributed by atoms with Gasteiger partial charge in [0.15, 0.2) is 5.76 Å². The lowest BCUT2D eigenvalue weighted by Crippen LogP contribution is -2.51. The Kier molecular flexibility index (Phi) is 6.12. The molecule has 3 aromatic rings. The highest BCUT2D eigenvalue weighted by Crippen LogP contribution is 2.26. The van der Waals surface area contributed by atoms with Gasteiger partial charge in [-0.25, -0.2) is 0 Å².